The van der Waals surface area contributed by atoms with Gasteiger partial charge in [-0.1, -0.05) is 30.0 Å². The normalized spacial score (nSPS) is 10.7. The van der Waals surface area contributed by atoms with E-state index in [0.717, 1.165) is 5.69 Å². The van der Waals surface area contributed by atoms with Crippen molar-refractivity contribution in [2.75, 3.05) is 11.1 Å². The number of carbonyl (C=O) groups is 1. The summed E-state index contributed by atoms with van der Waals surface area (Å²) in [6.45, 7) is 6.06. The van der Waals surface area contributed by atoms with Crippen molar-refractivity contribution in [3.63, 3.8) is 0 Å². The van der Waals surface area contributed by atoms with Crippen LogP contribution in [0.15, 0.2) is 47.5 Å². The number of benzene rings is 1. The van der Waals surface area contributed by atoms with E-state index in [-0.39, 0.29) is 17.5 Å². The Balaban J connectivity index is 1.73. The van der Waals surface area contributed by atoms with Crippen molar-refractivity contribution in [1.82, 2.24) is 19.7 Å². The molecule has 0 bridgehead atoms. The van der Waals surface area contributed by atoms with Gasteiger partial charge < -0.3 is 5.32 Å². The number of halogens is 1. The lowest BCUT2D eigenvalue weighted by Gasteiger charge is -2.07. The molecule has 134 valence electrons. The Morgan fingerprint density at radius 2 is 2.31 bits per heavy atom. The predicted octanol–water partition coefficient (Wildman–Crippen LogP) is 3.77. The molecule has 1 aromatic carbocycles. The van der Waals surface area contributed by atoms with Gasteiger partial charge in [-0.15, -0.1) is 28.1 Å². The monoisotopic (exact) mass is 389 g/mol. The van der Waals surface area contributed by atoms with Gasteiger partial charge in [-0.25, -0.2) is 9.37 Å². The Bertz CT molecular complexity index is 937. The summed E-state index contributed by atoms with van der Waals surface area (Å²) in [7, 11) is 0. The minimum absolute atomic E-state index is 0.164. The van der Waals surface area contributed by atoms with Gasteiger partial charge in [0, 0.05) is 17.5 Å². The third-order valence-corrected chi connectivity index (χ3v) is 5.15. The standard InChI is InChI=1S/C17H16FN5OS2/c1-3-7-23-15(12-5-4-6-13(18)8-12)21-22-17(23)26-10-14(24)20-16-19-11(2)9-25-16/h3-6,8-9H,1,7,10H2,2H3,(H,19,20,24). The zero-order valence-corrected chi connectivity index (χ0v) is 15.6. The van der Waals surface area contributed by atoms with Crippen LogP contribution in [-0.2, 0) is 11.3 Å². The zero-order valence-electron chi connectivity index (χ0n) is 14.0. The second kappa shape index (κ2) is 8.24. The van der Waals surface area contributed by atoms with Crippen molar-refractivity contribution in [3.8, 4) is 11.4 Å². The Labute approximate surface area is 158 Å². The van der Waals surface area contributed by atoms with Gasteiger partial charge in [0.05, 0.1) is 11.4 Å². The van der Waals surface area contributed by atoms with Gasteiger partial charge >= 0.3 is 0 Å². The number of thioether (sulfide) groups is 1. The molecule has 0 aliphatic rings. The lowest BCUT2D eigenvalue weighted by molar-refractivity contribution is -0.113. The molecule has 0 radical (unpaired) electrons. The van der Waals surface area contributed by atoms with Gasteiger partial charge in [0.15, 0.2) is 16.1 Å². The molecule has 9 heteroatoms. The van der Waals surface area contributed by atoms with Crippen LogP contribution in [0.5, 0.6) is 0 Å². The highest BCUT2D eigenvalue weighted by Gasteiger charge is 2.15. The molecule has 3 aromatic rings. The number of hydrogen-bond acceptors (Lipinski definition) is 6. The first-order valence-corrected chi connectivity index (χ1v) is 9.58. The van der Waals surface area contributed by atoms with Gasteiger partial charge in [-0.05, 0) is 19.1 Å². The molecule has 0 saturated carbocycles. The first kappa shape index (κ1) is 18.3. The number of thiazole rings is 1. The average Bonchev–Trinajstić information content (AvgIpc) is 3.20. The first-order valence-electron chi connectivity index (χ1n) is 7.71. The van der Waals surface area contributed by atoms with Crippen molar-refractivity contribution in [2.24, 2.45) is 0 Å². The second-order valence-electron chi connectivity index (χ2n) is 5.35. The summed E-state index contributed by atoms with van der Waals surface area (Å²) in [5.41, 5.74) is 1.48. The number of nitrogens with zero attached hydrogens (tertiary/aromatic N) is 4. The van der Waals surface area contributed by atoms with E-state index in [0.29, 0.717) is 28.2 Å². The van der Waals surface area contributed by atoms with E-state index in [9.17, 15) is 9.18 Å². The molecule has 0 aliphatic carbocycles. The van der Waals surface area contributed by atoms with Crippen molar-refractivity contribution < 1.29 is 9.18 Å². The third kappa shape index (κ3) is 4.36. The molecule has 0 spiro atoms. The van der Waals surface area contributed by atoms with Crippen LogP contribution in [0.3, 0.4) is 0 Å². The summed E-state index contributed by atoms with van der Waals surface area (Å²) < 4.78 is 15.3. The molecular formula is C17H16FN5OS2. The summed E-state index contributed by atoms with van der Waals surface area (Å²) >= 11 is 2.63. The third-order valence-electron chi connectivity index (χ3n) is 3.31. The van der Waals surface area contributed by atoms with E-state index < -0.39 is 0 Å². The fraction of sp³-hybridized carbons (Fsp3) is 0.176. The molecule has 3 rings (SSSR count). The van der Waals surface area contributed by atoms with Gasteiger partial charge in [0.1, 0.15) is 5.82 Å². The van der Waals surface area contributed by atoms with Crippen LogP contribution in [0.1, 0.15) is 5.69 Å². The minimum atomic E-state index is -0.344. The molecule has 26 heavy (non-hydrogen) atoms. The number of hydrogen-bond donors (Lipinski definition) is 1. The fourth-order valence-corrected chi connectivity index (χ4v) is 3.68. The van der Waals surface area contributed by atoms with Crippen molar-refractivity contribution in [2.45, 2.75) is 18.6 Å². The summed E-state index contributed by atoms with van der Waals surface area (Å²) in [6.07, 6.45) is 1.70. The molecule has 0 aliphatic heterocycles. The van der Waals surface area contributed by atoms with E-state index in [1.807, 2.05) is 12.3 Å². The summed E-state index contributed by atoms with van der Waals surface area (Å²) in [5, 5.41) is 14.0. The number of nitrogens with one attached hydrogen (secondary N) is 1. The van der Waals surface area contributed by atoms with E-state index in [1.54, 1.807) is 22.8 Å². The van der Waals surface area contributed by atoms with Crippen LogP contribution >= 0.6 is 23.1 Å². The highest BCUT2D eigenvalue weighted by molar-refractivity contribution is 7.99. The molecule has 0 fully saturated rings. The van der Waals surface area contributed by atoms with E-state index in [4.69, 9.17) is 0 Å². The molecule has 6 nitrogen and oxygen atoms in total. The maximum Gasteiger partial charge on any atom is 0.236 e. The number of aromatic nitrogens is 4. The largest absolute Gasteiger partial charge is 0.301 e. The number of anilines is 1. The van der Waals surface area contributed by atoms with Gasteiger partial charge in [0.25, 0.3) is 0 Å². The fourth-order valence-electron chi connectivity index (χ4n) is 2.23. The van der Waals surface area contributed by atoms with Crippen LogP contribution in [-0.4, -0.2) is 31.4 Å². The lowest BCUT2D eigenvalue weighted by Crippen LogP contribution is -2.14. The number of aryl methyl sites for hydroxylation is 1. The predicted molar refractivity (Wildman–Crippen MR) is 102 cm³/mol. The minimum Gasteiger partial charge on any atom is -0.301 e. The smallest absolute Gasteiger partial charge is 0.236 e. The maximum atomic E-state index is 13.5. The van der Waals surface area contributed by atoms with Crippen molar-refractivity contribution >= 4 is 34.1 Å². The van der Waals surface area contributed by atoms with Gasteiger partial charge in [0.2, 0.25) is 5.91 Å². The molecule has 0 saturated heterocycles. The van der Waals surface area contributed by atoms with Crippen molar-refractivity contribution in [3.05, 3.63) is 53.8 Å². The summed E-state index contributed by atoms with van der Waals surface area (Å²) in [4.78, 5) is 16.3. The van der Waals surface area contributed by atoms with Gasteiger partial charge in [-0.2, -0.15) is 0 Å². The molecule has 2 aromatic heterocycles. The molecule has 1 N–H and O–H groups in total. The number of rotatable bonds is 7. The lowest BCUT2D eigenvalue weighted by atomic mass is 10.2. The van der Waals surface area contributed by atoms with E-state index in [1.165, 1.54) is 35.2 Å². The highest BCUT2D eigenvalue weighted by Crippen LogP contribution is 2.25. The Kier molecular flexibility index (Phi) is 5.79. The molecule has 0 atom stereocenters. The summed E-state index contributed by atoms with van der Waals surface area (Å²) in [6, 6.07) is 6.15. The second-order valence-corrected chi connectivity index (χ2v) is 7.15. The summed E-state index contributed by atoms with van der Waals surface area (Å²) in [5.74, 6) is 0.174. The maximum absolute atomic E-state index is 13.5. The van der Waals surface area contributed by atoms with E-state index in [2.05, 4.69) is 27.1 Å². The van der Waals surface area contributed by atoms with Crippen molar-refractivity contribution in [1.29, 1.82) is 0 Å². The highest BCUT2D eigenvalue weighted by atomic mass is 32.2. The SMILES string of the molecule is C=CCn1c(SCC(=O)Nc2nc(C)cs2)nnc1-c1cccc(F)c1. The van der Waals surface area contributed by atoms with Gasteiger partial charge in [-0.3, -0.25) is 9.36 Å². The van der Waals surface area contributed by atoms with E-state index >= 15 is 0 Å². The first-order chi connectivity index (χ1) is 12.6. The topological polar surface area (TPSA) is 72.7 Å². The molecule has 2 heterocycles. The molecular weight excluding hydrogens is 373 g/mol. The van der Waals surface area contributed by atoms with Crippen LogP contribution in [0.2, 0.25) is 0 Å². The Morgan fingerprint density at radius 3 is 3.00 bits per heavy atom. The van der Waals surface area contributed by atoms with Crippen LogP contribution in [0.4, 0.5) is 9.52 Å². The average molecular weight is 389 g/mol. The quantitative estimate of drug-likeness (QED) is 0.492. The Hall–Kier alpha value is -2.52. The number of carbonyl (C=O) groups excluding carboxylic acids is 1. The van der Waals surface area contributed by atoms with Crippen LogP contribution < -0.4 is 5.32 Å². The molecule has 1 amide bonds. The molecule has 0 unspecified atom stereocenters. The van der Waals surface area contributed by atoms with Crippen LogP contribution in [0.25, 0.3) is 11.4 Å². The van der Waals surface area contributed by atoms with Crippen LogP contribution in [0, 0.1) is 12.7 Å². The number of amides is 1. The number of allylic oxidation sites excluding steroid dienone is 1. The zero-order chi connectivity index (χ0) is 18.5. The Morgan fingerprint density at radius 1 is 1.46 bits per heavy atom.